The Morgan fingerprint density at radius 2 is 2.25 bits per heavy atom. The van der Waals surface area contributed by atoms with E-state index in [1.54, 1.807) is 0 Å². The summed E-state index contributed by atoms with van der Waals surface area (Å²) in [6.45, 7) is 7.13. The van der Waals surface area contributed by atoms with Crippen LogP contribution in [0.5, 0.6) is 0 Å². The van der Waals surface area contributed by atoms with Gasteiger partial charge in [-0.25, -0.2) is 0 Å². The predicted molar refractivity (Wildman–Crippen MR) is 54.5 cm³/mol. The predicted octanol–water partition coefficient (Wildman–Crippen LogP) is 2.21. The molecule has 3 heteroatoms. The molecule has 72 valence electrons. The summed E-state index contributed by atoms with van der Waals surface area (Å²) in [5, 5.41) is 0. The van der Waals surface area contributed by atoms with E-state index in [0.717, 1.165) is 0 Å². The van der Waals surface area contributed by atoms with Crippen LogP contribution in [0.4, 0.5) is 0 Å². The molecule has 0 aromatic carbocycles. The van der Waals surface area contributed by atoms with Crippen molar-refractivity contribution in [2.45, 2.75) is 38.8 Å². The van der Waals surface area contributed by atoms with Crippen LogP contribution in [-0.4, -0.2) is 33.2 Å². The highest BCUT2D eigenvalue weighted by Crippen LogP contribution is 2.26. The minimum atomic E-state index is -1.39. The molecule has 0 radical (unpaired) electrons. The van der Waals surface area contributed by atoms with Crippen molar-refractivity contribution >= 4 is 8.48 Å². The number of nitrogens with zero attached hydrogens (tertiary/aromatic N) is 1. The van der Waals surface area contributed by atoms with E-state index in [0.29, 0.717) is 0 Å². The summed E-state index contributed by atoms with van der Waals surface area (Å²) in [4.78, 5) is 0. The third-order valence-corrected chi connectivity index (χ3v) is 6.90. The van der Waals surface area contributed by atoms with E-state index in [1.807, 2.05) is 7.11 Å². The van der Waals surface area contributed by atoms with Gasteiger partial charge in [-0.1, -0.05) is 13.3 Å². The zero-order valence-corrected chi connectivity index (χ0v) is 9.60. The number of rotatable bonds is 4. The lowest BCUT2D eigenvalue weighted by atomic mass is 10.3. The molecule has 0 bridgehead atoms. The fourth-order valence-corrected chi connectivity index (χ4v) is 4.78. The zero-order valence-electron chi connectivity index (χ0n) is 8.60. The van der Waals surface area contributed by atoms with Gasteiger partial charge in [-0.3, -0.25) is 0 Å². The number of hydrogen-bond donors (Lipinski definition) is 0. The molecule has 1 rings (SSSR count). The maximum atomic E-state index is 5.67. The van der Waals surface area contributed by atoms with Crippen LogP contribution in [0, 0.1) is 0 Å². The van der Waals surface area contributed by atoms with Crippen molar-refractivity contribution in [2.75, 3.05) is 20.2 Å². The molecule has 0 saturated carbocycles. The van der Waals surface area contributed by atoms with Crippen molar-refractivity contribution in [2.24, 2.45) is 0 Å². The maximum absolute atomic E-state index is 5.67. The molecular formula is C9H21NOSi. The van der Waals surface area contributed by atoms with Gasteiger partial charge in [-0.05, 0) is 38.5 Å². The molecule has 1 heterocycles. The first-order chi connectivity index (χ1) is 5.73. The fraction of sp³-hybridized carbons (Fsp3) is 1.00. The smallest absolute Gasteiger partial charge is 0.267 e. The first kappa shape index (κ1) is 10.2. The third kappa shape index (κ3) is 2.09. The van der Waals surface area contributed by atoms with Crippen LogP contribution < -0.4 is 0 Å². The van der Waals surface area contributed by atoms with Crippen LogP contribution in [0.2, 0.25) is 12.6 Å². The Bertz CT molecular complexity index is 142. The Hall–Kier alpha value is 0.137. The highest BCUT2D eigenvalue weighted by Gasteiger charge is 2.39. The summed E-state index contributed by atoms with van der Waals surface area (Å²) < 4.78 is 8.28. The summed E-state index contributed by atoms with van der Waals surface area (Å²) in [5.41, 5.74) is 0. The summed E-state index contributed by atoms with van der Waals surface area (Å²) >= 11 is 0. The first-order valence-electron chi connectivity index (χ1n) is 5.03. The van der Waals surface area contributed by atoms with Crippen molar-refractivity contribution < 1.29 is 4.43 Å². The largest absolute Gasteiger partial charge is 0.406 e. The van der Waals surface area contributed by atoms with Gasteiger partial charge in [-0.15, -0.1) is 0 Å². The molecule has 1 atom stereocenters. The highest BCUT2D eigenvalue weighted by atomic mass is 28.4. The van der Waals surface area contributed by atoms with E-state index in [1.165, 1.54) is 38.4 Å². The van der Waals surface area contributed by atoms with Crippen molar-refractivity contribution in [3.8, 4) is 0 Å². The molecule has 0 amide bonds. The molecule has 12 heavy (non-hydrogen) atoms. The summed E-state index contributed by atoms with van der Waals surface area (Å²) in [5.74, 6) is 0. The minimum Gasteiger partial charge on any atom is -0.406 e. The van der Waals surface area contributed by atoms with E-state index in [4.69, 9.17) is 4.43 Å². The molecule has 0 aromatic rings. The molecule has 0 aliphatic carbocycles. The van der Waals surface area contributed by atoms with Crippen LogP contribution >= 0.6 is 0 Å². The second-order valence-electron chi connectivity index (χ2n) is 3.82. The Morgan fingerprint density at radius 1 is 1.50 bits per heavy atom. The Balaban J connectivity index is 2.40. The summed E-state index contributed by atoms with van der Waals surface area (Å²) in [7, 11) is 0.492. The van der Waals surface area contributed by atoms with Gasteiger partial charge < -0.3 is 8.99 Å². The van der Waals surface area contributed by atoms with E-state index in [9.17, 15) is 0 Å². The molecule has 1 aliphatic heterocycles. The van der Waals surface area contributed by atoms with Gasteiger partial charge in [0.05, 0.1) is 0 Å². The average Bonchev–Trinajstić information content (AvgIpc) is 2.45. The second-order valence-corrected chi connectivity index (χ2v) is 7.71. The Labute approximate surface area is 77.1 Å². The molecule has 1 aliphatic rings. The molecule has 1 fully saturated rings. The maximum Gasteiger partial charge on any atom is 0.267 e. The van der Waals surface area contributed by atoms with E-state index in [2.05, 4.69) is 18.0 Å². The third-order valence-electron chi connectivity index (χ3n) is 2.96. The number of hydrogen-bond acceptors (Lipinski definition) is 2. The van der Waals surface area contributed by atoms with E-state index >= 15 is 0 Å². The average molecular weight is 187 g/mol. The highest BCUT2D eigenvalue weighted by molar-refractivity contribution is 6.70. The van der Waals surface area contributed by atoms with Crippen LogP contribution in [0.15, 0.2) is 0 Å². The van der Waals surface area contributed by atoms with Crippen LogP contribution in [-0.2, 0) is 4.43 Å². The minimum absolute atomic E-state index is 1.26. The molecule has 0 N–H and O–H groups in total. The van der Waals surface area contributed by atoms with E-state index in [-0.39, 0.29) is 0 Å². The lowest BCUT2D eigenvalue weighted by Gasteiger charge is -2.30. The van der Waals surface area contributed by atoms with Gasteiger partial charge in [0.1, 0.15) is 0 Å². The Morgan fingerprint density at radius 3 is 2.83 bits per heavy atom. The lowest BCUT2D eigenvalue weighted by Crippen LogP contribution is -2.48. The van der Waals surface area contributed by atoms with Crippen LogP contribution in [0.1, 0.15) is 26.2 Å². The van der Waals surface area contributed by atoms with Gasteiger partial charge >= 0.3 is 0 Å². The van der Waals surface area contributed by atoms with Gasteiger partial charge in [0.2, 0.25) is 0 Å². The molecule has 1 saturated heterocycles. The van der Waals surface area contributed by atoms with Gasteiger partial charge in [-0.2, -0.15) is 0 Å². The van der Waals surface area contributed by atoms with Gasteiger partial charge in [0.15, 0.2) is 0 Å². The lowest BCUT2D eigenvalue weighted by molar-refractivity contribution is 0.313. The van der Waals surface area contributed by atoms with Crippen molar-refractivity contribution in [1.29, 1.82) is 0 Å². The van der Waals surface area contributed by atoms with Crippen LogP contribution in [0.3, 0.4) is 0 Å². The standard InChI is InChI=1S/C9H21NOSi/c1-4-5-7-10-8-6-9-12(10,3)11-2/h4-9H2,1-3H3. The molecule has 2 nitrogen and oxygen atoms in total. The monoisotopic (exact) mass is 187 g/mol. The Kier molecular flexibility index (Phi) is 3.74. The SMILES string of the molecule is CCCCN1CCC[Si]1(C)OC. The molecule has 0 spiro atoms. The van der Waals surface area contributed by atoms with E-state index < -0.39 is 8.48 Å². The second kappa shape index (κ2) is 4.39. The molecule has 0 aromatic heterocycles. The van der Waals surface area contributed by atoms with Gasteiger partial charge in [0, 0.05) is 7.11 Å². The zero-order chi connectivity index (χ0) is 9.03. The topological polar surface area (TPSA) is 12.5 Å². The fourth-order valence-electron chi connectivity index (χ4n) is 1.92. The van der Waals surface area contributed by atoms with Crippen molar-refractivity contribution in [1.82, 2.24) is 4.57 Å². The quantitative estimate of drug-likeness (QED) is 0.626. The normalized spacial score (nSPS) is 31.2. The first-order valence-corrected chi connectivity index (χ1v) is 7.59. The summed E-state index contributed by atoms with van der Waals surface area (Å²) in [6.07, 6.45) is 3.97. The molecule has 1 unspecified atom stereocenters. The summed E-state index contributed by atoms with van der Waals surface area (Å²) in [6, 6.07) is 1.33. The van der Waals surface area contributed by atoms with Crippen molar-refractivity contribution in [3.05, 3.63) is 0 Å². The van der Waals surface area contributed by atoms with Crippen LogP contribution in [0.25, 0.3) is 0 Å². The molecular weight excluding hydrogens is 166 g/mol. The van der Waals surface area contributed by atoms with Gasteiger partial charge in [0.25, 0.3) is 8.48 Å². The number of unbranched alkanes of at least 4 members (excludes halogenated alkanes) is 1. The van der Waals surface area contributed by atoms with Crippen molar-refractivity contribution in [3.63, 3.8) is 0 Å².